The second-order valence-electron chi connectivity index (χ2n) is 6.32. The van der Waals surface area contributed by atoms with E-state index < -0.39 is 0 Å². The number of hydrogen-bond donors (Lipinski definition) is 0. The lowest BCUT2D eigenvalue weighted by molar-refractivity contribution is -0.143. The number of methoxy groups -OCH3 is 2. The molecular weight excluding hydrogens is 304 g/mol. The molecule has 0 saturated heterocycles. The van der Waals surface area contributed by atoms with E-state index in [2.05, 4.69) is 0 Å². The van der Waals surface area contributed by atoms with Gasteiger partial charge in [0, 0.05) is 0 Å². The Bertz CT molecular complexity index is 781. The maximum atomic E-state index is 12.3. The molecule has 122 valence electrons. The van der Waals surface area contributed by atoms with Crippen LogP contribution in [0.25, 0.3) is 11.1 Å². The zero-order chi connectivity index (χ0) is 16.8. The zero-order valence-electron chi connectivity index (χ0n) is 13.7. The van der Waals surface area contributed by atoms with Gasteiger partial charge in [0.05, 0.1) is 26.1 Å². The van der Waals surface area contributed by atoms with E-state index in [1.807, 2.05) is 36.4 Å². The number of hydrogen-bond acceptors (Lipinski definition) is 4. The normalized spacial score (nSPS) is 20.1. The van der Waals surface area contributed by atoms with Gasteiger partial charge in [-0.25, -0.2) is 0 Å². The predicted molar refractivity (Wildman–Crippen MR) is 88.8 cm³/mol. The van der Waals surface area contributed by atoms with Crippen LogP contribution < -0.4 is 0 Å². The van der Waals surface area contributed by atoms with E-state index >= 15 is 0 Å². The second-order valence-corrected chi connectivity index (χ2v) is 6.32. The molecule has 2 aromatic carbocycles. The number of carbonyl (C=O) groups is 2. The highest BCUT2D eigenvalue weighted by Gasteiger charge is 2.38. The van der Waals surface area contributed by atoms with Gasteiger partial charge < -0.3 is 9.47 Å². The number of ether oxygens (including phenoxy) is 2. The Balaban J connectivity index is 1.97. The highest BCUT2D eigenvalue weighted by atomic mass is 16.5. The van der Waals surface area contributed by atoms with Crippen molar-refractivity contribution in [3.63, 3.8) is 0 Å². The molecule has 4 heteroatoms. The van der Waals surface area contributed by atoms with Gasteiger partial charge in [0.1, 0.15) is 0 Å². The van der Waals surface area contributed by atoms with Gasteiger partial charge in [0.25, 0.3) is 0 Å². The molecule has 4 nitrogen and oxygen atoms in total. The molecule has 0 amide bonds. The van der Waals surface area contributed by atoms with E-state index in [0.29, 0.717) is 12.8 Å². The van der Waals surface area contributed by atoms with Crippen LogP contribution in [0.15, 0.2) is 36.4 Å². The van der Waals surface area contributed by atoms with E-state index in [1.165, 1.54) is 14.2 Å². The zero-order valence-corrected chi connectivity index (χ0v) is 13.7. The quantitative estimate of drug-likeness (QED) is 0.798. The third kappa shape index (κ3) is 1.99. The van der Waals surface area contributed by atoms with Crippen molar-refractivity contribution in [2.75, 3.05) is 14.2 Å². The Kier molecular flexibility index (Phi) is 3.41. The van der Waals surface area contributed by atoms with Crippen LogP contribution in [0.5, 0.6) is 0 Å². The summed E-state index contributed by atoms with van der Waals surface area (Å²) in [6.45, 7) is 0. The van der Waals surface area contributed by atoms with Gasteiger partial charge in [-0.15, -0.1) is 0 Å². The number of carbonyl (C=O) groups excluding carboxylic acids is 2. The number of benzene rings is 2. The Morgan fingerprint density at radius 3 is 1.58 bits per heavy atom. The molecule has 2 atom stereocenters. The van der Waals surface area contributed by atoms with E-state index in [4.69, 9.17) is 9.47 Å². The van der Waals surface area contributed by atoms with Crippen molar-refractivity contribution in [2.24, 2.45) is 0 Å². The molecular formula is C20H18O4. The smallest absolute Gasteiger partial charge is 0.313 e. The van der Waals surface area contributed by atoms with Gasteiger partial charge in [0.15, 0.2) is 0 Å². The first kappa shape index (κ1) is 14.9. The van der Waals surface area contributed by atoms with Gasteiger partial charge in [-0.3, -0.25) is 9.59 Å². The average molecular weight is 322 g/mol. The summed E-state index contributed by atoms with van der Waals surface area (Å²) >= 11 is 0. The average Bonchev–Trinajstić information content (AvgIpc) is 2.64. The standard InChI is InChI=1S/C20H18O4/c1-23-19(21)15-9-11-5-4-8-14-16(20(22)24-2)10-12-6-3-7-13(15)17(12)18(11)14/h3-8,15-16H,9-10H2,1-2H3/t15-,16-/m1/s1. The first-order chi connectivity index (χ1) is 11.7. The molecule has 0 N–H and O–H groups in total. The molecule has 0 unspecified atom stereocenters. The molecule has 24 heavy (non-hydrogen) atoms. The number of esters is 2. The maximum absolute atomic E-state index is 12.3. The van der Waals surface area contributed by atoms with Crippen LogP contribution >= 0.6 is 0 Å². The van der Waals surface area contributed by atoms with Crippen LogP contribution in [0.2, 0.25) is 0 Å². The molecule has 2 aliphatic carbocycles. The molecule has 0 saturated carbocycles. The SMILES string of the molecule is COC(=O)[C@@H]1Cc2cccc3c2-c2c(cccc21)C[C@H]3C(=O)OC. The summed E-state index contributed by atoms with van der Waals surface area (Å²) < 4.78 is 10.0. The van der Waals surface area contributed by atoms with Crippen molar-refractivity contribution >= 4 is 11.9 Å². The third-order valence-corrected chi connectivity index (χ3v) is 5.19. The van der Waals surface area contributed by atoms with E-state index in [-0.39, 0.29) is 23.8 Å². The highest BCUT2D eigenvalue weighted by molar-refractivity contribution is 5.93. The fourth-order valence-corrected chi connectivity index (χ4v) is 4.14. The Hall–Kier alpha value is -2.62. The van der Waals surface area contributed by atoms with Gasteiger partial charge >= 0.3 is 11.9 Å². The highest BCUT2D eigenvalue weighted by Crippen LogP contribution is 2.49. The lowest BCUT2D eigenvalue weighted by Gasteiger charge is -2.35. The Morgan fingerprint density at radius 1 is 0.792 bits per heavy atom. The van der Waals surface area contributed by atoms with E-state index in [0.717, 1.165) is 33.4 Å². The minimum absolute atomic E-state index is 0.213. The summed E-state index contributed by atoms with van der Waals surface area (Å²) in [4.78, 5) is 24.6. The van der Waals surface area contributed by atoms with Crippen LogP contribution in [-0.4, -0.2) is 26.2 Å². The van der Waals surface area contributed by atoms with Crippen molar-refractivity contribution in [2.45, 2.75) is 24.7 Å². The predicted octanol–water partition coefficient (Wildman–Crippen LogP) is 2.98. The second kappa shape index (κ2) is 5.48. The van der Waals surface area contributed by atoms with Crippen LogP contribution in [-0.2, 0) is 31.9 Å². The molecule has 2 aliphatic rings. The molecule has 0 radical (unpaired) electrons. The first-order valence-corrected chi connectivity index (χ1v) is 8.05. The monoisotopic (exact) mass is 322 g/mol. The fraction of sp³-hybridized carbons (Fsp3) is 0.300. The molecule has 2 aromatic rings. The molecule has 0 bridgehead atoms. The Labute approximate surface area is 140 Å². The van der Waals surface area contributed by atoms with Crippen molar-refractivity contribution in [3.05, 3.63) is 58.7 Å². The first-order valence-electron chi connectivity index (χ1n) is 8.05. The summed E-state index contributed by atoms with van der Waals surface area (Å²) in [7, 11) is 2.86. The lowest BCUT2D eigenvalue weighted by Crippen LogP contribution is -2.27. The largest absolute Gasteiger partial charge is 0.469 e. The molecule has 0 heterocycles. The summed E-state index contributed by atoms with van der Waals surface area (Å²) in [6.07, 6.45) is 1.19. The van der Waals surface area contributed by atoms with Gasteiger partial charge in [-0.1, -0.05) is 36.4 Å². The van der Waals surface area contributed by atoms with Gasteiger partial charge in [-0.2, -0.15) is 0 Å². The molecule has 0 fully saturated rings. The van der Waals surface area contributed by atoms with Crippen molar-refractivity contribution in [3.8, 4) is 11.1 Å². The van der Waals surface area contributed by atoms with Gasteiger partial charge in [-0.05, 0) is 46.2 Å². The van der Waals surface area contributed by atoms with Crippen molar-refractivity contribution in [1.29, 1.82) is 0 Å². The molecule has 4 rings (SSSR count). The van der Waals surface area contributed by atoms with Crippen molar-refractivity contribution in [1.82, 2.24) is 0 Å². The minimum Gasteiger partial charge on any atom is -0.469 e. The fourth-order valence-electron chi connectivity index (χ4n) is 4.14. The minimum atomic E-state index is -0.289. The molecule has 0 aliphatic heterocycles. The summed E-state index contributed by atoms with van der Waals surface area (Å²) in [6, 6.07) is 12.0. The van der Waals surface area contributed by atoms with Gasteiger partial charge in [0.2, 0.25) is 0 Å². The molecule has 0 aromatic heterocycles. The summed E-state index contributed by atoms with van der Waals surface area (Å²) in [5.41, 5.74) is 6.40. The topological polar surface area (TPSA) is 52.6 Å². The van der Waals surface area contributed by atoms with Crippen molar-refractivity contribution < 1.29 is 19.1 Å². The maximum Gasteiger partial charge on any atom is 0.313 e. The Morgan fingerprint density at radius 2 is 1.21 bits per heavy atom. The summed E-state index contributed by atoms with van der Waals surface area (Å²) in [5, 5.41) is 0. The van der Waals surface area contributed by atoms with Crippen LogP contribution in [0.4, 0.5) is 0 Å². The third-order valence-electron chi connectivity index (χ3n) is 5.19. The molecule has 0 spiro atoms. The lowest BCUT2D eigenvalue weighted by atomic mass is 9.69. The van der Waals surface area contributed by atoms with Crippen LogP contribution in [0, 0.1) is 0 Å². The van der Waals surface area contributed by atoms with Crippen LogP contribution in [0.3, 0.4) is 0 Å². The number of rotatable bonds is 2. The summed E-state index contributed by atoms with van der Waals surface area (Å²) in [5.74, 6) is -1.01. The van der Waals surface area contributed by atoms with E-state index in [1.54, 1.807) is 0 Å². The van der Waals surface area contributed by atoms with Crippen LogP contribution in [0.1, 0.15) is 34.1 Å². The van der Waals surface area contributed by atoms with E-state index in [9.17, 15) is 9.59 Å².